The summed E-state index contributed by atoms with van der Waals surface area (Å²) in [6.45, 7) is 3.33. The van der Waals surface area contributed by atoms with Gasteiger partial charge in [-0.15, -0.1) is 0 Å². The molecule has 7 heteroatoms. The minimum Gasteiger partial charge on any atom is -0.307 e. The van der Waals surface area contributed by atoms with E-state index in [0.717, 1.165) is 18.4 Å². The number of aryl methyl sites for hydroxylation is 1. The summed E-state index contributed by atoms with van der Waals surface area (Å²) in [5.74, 6) is 0. The van der Waals surface area contributed by atoms with Gasteiger partial charge in [0.2, 0.25) is 10.0 Å². The number of hydrogen-bond donors (Lipinski definition) is 1. The van der Waals surface area contributed by atoms with Gasteiger partial charge >= 0.3 is 0 Å². The zero-order valence-corrected chi connectivity index (χ0v) is 12.5. The highest BCUT2D eigenvalue weighted by molar-refractivity contribution is 7.88. The second-order valence-corrected chi connectivity index (χ2v) is 7.25. The van der Waals surface area contributed by atoms with Gasteiger partial charge in [-0.25, -0.2) is 12.7 Å². The number of hydrogen-bond acceptors (Lipinski definition) is 4. The van der Waals surface area contributed by atoms with Crippen LogP contribution in [0, 0.1) is 0 Å². The third-order valence-corrected chi connectivity index (χ3v) is 4.94. The molecule has 19 heavy (non-hydrogen) atoms. The maximum Gasteiger partial charge on any atom is 0.211 e. The van der Waals surface area contributed by atoms with Gasteiger partial charge in [-0.05, 0) is 19.8 Å². The topological polar surface area (TPSA) is 67.2 Å². The minimum absolute atomic E-state index is 0.239. The lowest BCUT2D eigenvalue weighted by Crippen LogP contribution is -2.45. The summed E-state index contributed by atoms with van der Waals surface area (Å²) >= 11 is 0. The molecule has 1 aromatic heterocycles. The van der Waals surface area contributed by atoms with Gasteiger partial charge in [0, 0.05) is 44.0 Å². The molecule has 108 valence electrons. The Balaban J connectivity index is 1.86. The third-order valence-electron chi connectivity index (χ3n) is 3.63. The summed E-state index contributed by atoms with van der Waals surface area (Å²) in [7, 11) is -1.13. The summed E-state index contributed by atoms with van der Waals surface area (Å²) in [5, 5.41) is 7.71. The highest BCUT2D eigenvalue weighted by Gasteiger charge is 2.25. The second-order valence-electron chi connectivity index (χ2n) is 5.27. The highest BCUT2D eigenvalue weighted by Crippen LogP contribution is 2.18. The van der Waals surface area contributed by atoms with Crippen LogP contribution in [-0.2, 0) is 17.1 Å². The van der Waals surface area contributed by atoms with Crippen molar-refractivity contribution >= 4 is 10.0 Å². The Bertz CT molecular complexity index is 518. The fourth-order valence-corrected chi connectivity index (χ4v) is 3.34. The van der Waals surface area contributed by atoms with Crippen LogP contribution in [0.15, 0.2) is 12.4 Å². The van der Waals surface area contributed by atoms with E-state index in [1.165, 1.54) is 6.26 Å². The van der Waals surface area contributed by atoms with Crippen LogP contribution in [0.5, 0.6) is 0 Å². The molecule has 1 aromatic rings. The quantitative estimate of drug-likeness (QED) is 0.875. The summed E-state index contributed by atoms with van der Waals surface area (Å²) in [4.78, 5) is 0. The van der Waals surface area contributed by atoms with E-state index in [2.05, 4.69) is 17.3 Å². The number of sulfonamides is 1. The van der Waals surface area contributed by atoms with Crippen LogP contribution in [-0.4, -0.2) is 47.9 Å². The van der Waals surface area contributed by atoms with Crippen molar-refractivity contribution in [3.05, 3.63) is 18.0 Å². The number of nitrogens with one attached hydrogen (secondary N) is 1. The molecule has 0 bridgehead atoms. The number of piperidine rings is 1. The van der Waals surface area contributed by atoms with E-state index in [1.54, 1.807) is 8.99 Å². The normalized spacial score (nSPS) is 20.6. The summed E-state index contributed by atoms with van der Waals surface area (Å²) in [5.41, 5.74) is 1.16. The van der Waals surface area contributed by atoms with E-state index in [4.69, 9.17) is 0 Å². The second kappa shape index (κ2) is 5.60. The number of rotatable bonds is 4. The largest absolute Gasteiger partial charge is 0.307 e. The zero-order valence-electron chi connectivity index (χ0n) is 11.7. The smallest absolute Gasteiger partial charge is 0.211 e. The Labute approximate surface area is 114 Å². The zero-order chi connectivity index (χ0) is 14.0. The molecule has 1 saturated heterocycles. The SMILES string of the molecule is CC(NC1CCN(S(C)(=O)=O)CC1)c1cnn(C)c1. The lowest BCUT2D eigenvalue weighted by atomic mass is 10.0. The van der Waals surface area contributed by atoms with Crippen molar-refractivity contribution in [1.29, 1.82) is 0 Å². The fourth-order valence-electron chi connectivity index (χ4n) is 2.47. The van der Waals surface area contributed by atoms with Gasteiger partial charge in [0.1, 0.15) is 0 Å². The summed E-state index contributed by atoms with van der Waals surface area (Å²) in [6.07, 6.45) is 6.86. The molecule has 0 spiro atoms. The molecule has 2 rings (SSSR count). The summed E-state index contributed by atoms with van der Waals surface area (Å²) < 4.78 is 26.2. The molecule has 1 atom stereocenters. The minimum atomic E-state index is -3.03. The van der Waals surface area contributed by atoms with Gasteiger partial charge in [0.15, 0.2) is 0 Å². The molecule has 0 radical (unpaired) electrons. The van der Waals surface area contributed by atoms with Gasteiger partial charge in [-0.2, -0.15) is 5.10 Å². The van der Waals surface area contributed by atoms with Crippen molar-refractivity contribution in [2.45, 2.75) is 31.8 Å². The van der Waals surface area contributed by atoms with Crippen LogP contribution >= 0.6 is 0 Å². The first-order chi connectivity index (χ1) is 8.86. The van der Waals surface area contributed by atoms with Gasteiger partial charge in [0.25, 0.3) is 0 Å². The van der Waals surface area contributed by atoms with Crippen LogP contribution in [0.3, 0.4) is 0 Å². The average molecular weight is 286 g/mol. The molecular formula is C12H22N4O2S. The predicted octanol–water partition coefficient (Wildman–Crippen LogP) is 0.495. The molecule has 1 N–H and O–H groups in total. The Morgan fingerprint density at radius 2 is 2.05 bits per heavy atom. The number of aromatic nitrogens is 2. The van der Waals surface area contributed by atoms with E-state index in [-0.39, 0.29) is 6.04 Å². The van der Waals surface area contributed by atoms with Crippen LogP contribution in [0.4, 0.5) is 0 Å². The van der Waals surface area contributed by atoms with E-state index in [9.17, 15) is 8.42 Å². The van der Waals surface area contributed by atoms with Gasteiger partial charge in [-0.3, -0.25) is 4.68 Å². The van der Waals surface area contributed by atoms with Crippen molar-refractivity contribution < 1.29 is 8.42 Å². The molecule has 1 fully saturated rings. The van der Waals surface area contributed by atoms with Crippen LogP contribution in [0.2, 0.25) is 0 Å². The molecule has 1 aliphatic heterocycles. The first-order valence-corrected chi connectivity index (χ1v) is 8.41. The van der Waals surface area contributed by atoms with E-state index in [1.807, 2.05) is 19.4 Å². The Morgan fingerprint density at radius 3 is 2.53 bits per heavy atom. The monoisotopic (exact) mass is 286 g/mol. The predicted molar refractivity (Wildman–Crippen MR) is 74.2 cm³/mol. The van der Waals surface area contributed by atoms with Gasteiger partial charge < -0.3 is 5.32 Å². The Kier molecular flexibility index (Phi) is 4.27. The molecule has 0 amide bonds. The number of nitrogens with zero attached hydrogens (tertiary/aromatic N) is 3. The first-order valence-electron chi connectivity index (χ1n) is 6.56. The van der Waals surface area contributed by atoms with E-state index in [0.29, 0.717) is 19.1 Å². The fraction of sp³-hybridized carbons (Fsp3) is 0.750. The molecule has 1 aliphatic rings. The Hall–Kier alpha value is -0.920. The maximum absolute atomic E-state index is 11.4. The molecule has 1 unspecified atom stereocenters. The van der Waals surface area contributed by atoms with Crippen LogP contribution < -0.4 is 5.32 Å². The lowest BCUT2D eigenvalue weighted by Gasteiger charge is -2.32. The standard InChI is InChI=1S/C12H22N4O2S/c1-10(11-8-13-15(2)9-11)14-12-4-6-16(7-5-12)19(3,17)18/h8-10,12,14H,4-7H2,1-3H3. The molecule has 6 nitrogen and oxygen atoms in total. The molecule has 2 heterocycles. The molecule has 0 aliphatic carbocycles. The summed E-state index contributed by atoms with van der Waals surface area (Å²) in [6, 6.07) is 0.608. The molecule has 0 aromatic carbocycles. The van der Waals surface area contributed by atoms with Crippen LogP contribution in [0.25, 0.3) is 0 Å². The third kappa shape index (κ3) is 3.77. The highest BCUT2D eigenvalue weighted by atomic mass is 32.2. The molecule has 0 saturated carbocycles. The van der Waals surface area contributed by atoms with E-state index >= 15 is 0 Å². The van der Waals surface area contributed by atoms with E-state index < -0.39 is 10.0 Å². The van der Waals surface area contributed by atoms with Gasteiger partial charge in [0.05, 0.1) is 12.5 Å². The van der Waals surface area contributed by atoms with Crippen molar-refractivity contribution in [3.8, 4) is 0 Å². The van der Waals surface area contributed by atoms with Crippen molar-refractivity contribution in [2.75, 3.05) is 19.3 Å². The lowest BCUT2D eigenvalue weighted by molar-refractivity contribution is 0.278. The average Bonchev–Trinajstić information content (AvgIpc) is 2.75. The van der Waals surface area contributed by atoms with Crippen LogP contribution in [0.1, 0.15) is 31.4 Å². The maximum atomic E-state index is 11.4. The van der Waals surface area contributed by atoms with Crippen molar-refractivity contribution in [2.24, 2.45) is 7.05 Å². The Morgan fingerprint density at radius 1 is 1.42 bits per heavy atom. The molecular weight excluding hydrogens is 264 g/mol. The van der Waals surface area contributed by atoms with Crippen molar-refractivity contribution in [1.82, 2.24) is 19.4 Å². The van der Waals surface area contributed by atoms with Crippen molar-refractivity contribution in [3.63, 3.8) is 0 Å². The van der Waals surface area contributed by atoms with Gasteiger partial charge in [-0.1, -0.05) is 0 Å². The first kappa shape index (κ1) is 14.5.